The average Bonchev–Trinajstić information content (AvgIpc) is 2.63. The van der Waals surface area contributed by atoms with Gasteiger partial charge >= 0.3 is 5.97 Å². The number of aryl methyl sites for hydroxylation is 1. The second-order valence-electron chi connectivity index (χ2n) is 6.30. The van der Waals surface area contributed by atoms with Gasteiger partial charge in [0.05, 0.1) is 15.5 Å². The van der Waals surface area contributed by atoms with E-state index in [-0.39, 0.29) is 15.5 Å². The Kier molecular flexibility index (Phi) is 6.82. The summed E-state index contributed by atoms with van der Waals surface area (Å²) in [5.41, 5.74) is 2.41. The normalized spacial score (nSPS) is 11.4. The third-order valence-corrected chi connectivity index (χ3v) is 6.29. The fraction of sp³-hybridized carbons (Fsp3) is 0.263. The van der Waals surface area contributed by atoms with Crippen LogP contribution in [0.15, 0.2) is 41.3 Å². The number of hydrogen-bond donors (Lipinski definition) is 1. The Morgan fingerprint density at radius 2 is 1.82 bits per heavy atom. The van der Waals surface area contributed by atoms with E-state index in [1.165, 1.54) is 26.2 Å². The second-order valence-corrected chi connectivity index (χ2v) is 8.86. The molecule has 0 heterocycles. The Hall–Kier alpha value is -2.42. The minimum absolute atomic E-state index is 0.0256. The van der Waals surface area contributed by atoms with Gasteiger partial charge in [0.1, 0.15) is 0 Å². The molecule has 0 aliphatic heterocycles. The van der Waals surface area contributed by atoms with E-state index in [0.29, 0.717) is 5.69 Å². The number of nitrogens with zero attached hydrogens (tertiary/aromatic N) is 1. The first-order valence-electron chi connectivity index (χ1n) is 8.29. The largest absolute Gasteiger partial charge is 0.452 e. The molecule has 1 N–H and O–H groups in total. The van der Waals surface area contributed by atoms with Crippen molar-refractivity contribution in [1.82, 2.24) is 4.31 Å². The Morgan fingerprint density at radius 1 is 1.14 bits per heavy atom. The van der Waals surface area contributed by atoms with Gasteiger partial charge in [-0.05, 0) is 49.2 Å². The number of ether oxygens (including phenoxy) is 1. The van der Waals surface area contributed by atoms with Crippen LogP contribution in [0, 0.1) is 13.8 Å². The van der Waals surface area contributed by atoms with Crippen LogP contribution in [0.1, 0.15) is 21.5 Å². The zero-order valence-corrected chi connectivity index (χ0v) is 17.5. The van der Waals surface area contributed by atoms with Crippen LogP contribution in [0.5, 0.6) is 0 Å². The topological polar surface area (TPSA) is 92.8 Å². The number of anilines is 1. The number of halogens is 1. The maximum Gasteiger partial charge on any atom is 0.340 e. The van der Waals surface area contributed by atoms with E-state index in [4.69, 9.17) is 16.3 Å². The van der Waals surface area contributed by atoms with Crippen molar-refractivity contribution in [3.05, 3.63) is 58.1 Å². The summed E-state index contributed by atoms with van der Waals surface area (Å²) in [6.07, 6.45) is 0. The lowest BCUT2D eigenvalue weighted by atomic mass is 10.1. The molecule has 0 fully saturated rings. The zero-order valence-electron chi connectivity index (χ0n) is 15.9. The van der Waals surface area contributed by atoms with Crippen LogP contribution in [-0.2, 0) is 19.6 Å². The van der Waals surface area contributed by atoms with Gasteiger partial charge < -0.3 is 10.1 Å². The van der Waals surface area contributed by atoms with Crippen LogP contribution in [0.3, 0.4) is 0 Å². The molecule has 0 aromatic heterocycles. The highest BCUT2D eigenvalue weighted by Crippen LogP contribution is 2.23. The van der Waals surface area contributed by atoms with Crippen molar-refractivity contribution in [2.45, 2.75) is 18.7 Å². The van der Waals surface area contributed by atoms with E-state index in [0.717, 1.165) is 21.5 Å². The number of carbonyl (C=O) groups excluding carboxylic acids is 2. The molecular weight excluding hydrogens is 404 g/mol. The Balaban J connectivity index is 2.11. The van der Waals surface area contributed by atoms with Crippen LogP contribution in [0.25, 0.3) is 0 Å². The van der Waals surface area contributed by atoms with Crippen LogP contribution < -0.4 is 5.32 Å². The molecule has 0 saturated heterocycles. The van der Waals surface area contributed by atoms with Gasteiger partial charge in [-0.3, -0.25) is 4.79 Å². The maximum absolute atomic E-state index is 12.3. The van der Waals surface area contributed by atoms with Crippen molar-refractivity contribution in [3.63, 3.8) is 0 Å². The van der Waals surface area contributed by atoms with Crippen molar-refractivity contribution in [3.8, 4) is 0 Å². The fourth-order valence-electron chi connectivity index (χ4n) is 2.31. The third kappa shape index (κ3) is 4.89. The molecule has 2 rings (SSSR count). The summed E-state index contributed by atoms with van der Waals surface area (Å²) in [6.45, 7) is 3.25. The van der Waals surface area contributed by atoms with E-state index in [2.05, 4.69) is 5.32 Å². The number of amides is 1. The highest BCUT2D eigenvalue weighted by molar-refractivity contribution is 7.89. The summed E-state index contributed by atoms with van der Waals surface area (Å²) in [5.74, 6) is -1.41. The minimum atomic E-state index is -3.74. The first-order chi connectivity index (χ1) is 13.0. The summed E-state index contributed by atoms with van der Waals surface area (Å²) >= 11 is 5.99. The maximum atomic E-state index is 12.3. The van der Waals surface area contributed by atoms with Gasteiger partial charge in [0.2, 0.25) is 10.0 Å². The molecule has 0 saturated carbocycles. The standard InChI is InChI=1S/C19H21ClN2O5S/c1-12-6-5-7-17(13(12)2)21-18(23)11-27-19(24)15-10-14(8-9-16(15)20)28(25,26)22(3)4/h5-10H,11H2,1-4H3,(H,21,23). The summed E-state index contributed by atoms with van der Waals surface area (Å²) < 4.78 is 30.4. The van der Waals surface area contributed by atoms with Crippen molar-refractivity contribution in [1.29, 1.82) is 0 Å². The van der Waals surface area contributed by atoms with Crippen molar-refractivity contribution < 1.29 is 22.7 Å². The first kappa shape index (κ1) is 21.9. The number of carbonyl (C=O) groups is 2. The molecule has 0 radical (unpaired) electrons. The number of nitrogens with one attached hydrogen (secondary N) is 1. The predicted molar refractivity (Wildman–Crippen MR) is 107 cm³/mol. The molecule has 1 amide bonds. The lowest BCUT2D eigenvalue weighted by Crippen LogP contribution is -2.23. The molecule has 0 bridgehead atoms. The van der Waals surface area contributed by atoms with Crippen LogP contribution in [-0.4, -0.2) is 45.3 Å². The minimum Gasteiger partial charge on any atom is -0.452 e. The lowest BCUT2D eigenvalue weighted by Gasteiger charge is -2.13. The third-order valence-electron chi connectivity index (χ3n) is 4.15. The van der Waals surface area contributed by atoms with Crippen molar-refractivity contribution >= 4 is 39.2 Å². The molecule has 2 aromatic rings. The van der Waals surface area contributed by atoms with Crippen LogP contribution in [0.4, 0.5) is 5.69 Å². The average molecular weight is 425 g/mol. The molecule has 0 spiro atoms. The van der Waals surface area contributed by atoms with E-state index in [1.54, 1.807) is 12.1 Å². The van der Waals surface area contributed by atoms with Gasteiger partial charge in [-0.2, -0.15) is 0 Å². The van der Waals surface area contributed by atoms with Gasteiger partial charge in [0, 0.05) is 19.8 Å². The molecule has 0 atom stereocenters. The SMILES string of the molecule is Cc1cccc(NC(=O)COC(=O)c2cc(S(=O)(=O)N(C)C)ccc2Cl)c1C. The monoisotopic (exact) mass is 424 g/mol. The predicted octanol–water partition coefficient (Wildman–Crippen LogP) is 3.00. The number of esters is 1. The van der Waals surface area contributed by atoms with E-state index in [1.807, 2.05) is 19.9 Å². The van der Waals surface area contributed by atoms with E-state index >= 15 is 0 Å². The lowest BCUT2D eigenvalue weighted by molar-refractivity contribution is -0.119. The fourth-order valence-corrected chi connectivity index (χ4v) is 3.44. The van der Waals surface area contributed by atoms with E-state index in [9.17, 15) is 18.0 Å². The molecule has 150 valence electrons. The van der Waals surface area contributed by atoms with E-state index < -0.39 is 28.5 Å². The van der Waals surface area contributed by atoms with Crippen LogP contribution in [0.2, 0.25) is 5.02 Å². The van der Waals surface area contributed by atoms with Crippen LogP contribution >= 0.6 is 11.6 Å². The molecule has 9 heteroatoms. The number of sulfonamides is 1. The summed E-state index contributed by atoms with van der Waals surface area (Å²) in [5, 5.41) is 2.70. The molecule has 7 nitrogen and oxygen atoms in total. The first-order valence-corrected chi connectivity index (χ1v) is 10.1. The van der Waals surface area contributed by atoms with Gasteiger partial charge in [-0.1, -0.05) is 23.7 Å². The molecular formula is C19H21ClN2O5S. The van der Waals surface area contributed by atoms with Gasteiger partial charge in [-0.15, -0.1) is 0 Å². The summed E-state index contributed by atoms with van der Waals surface area (Å²) in [4.78, 5) is 24.3. The number of rotatable bonds is 6. The Morgan fingerprint density at radius 3 is 2.46 bits per heavy atom. The smallest absolute Gasteiger partial charge is 0.340 e. The van der Waals surface area contributed by atoms with Gasteiger partial charge in [0.25, 0.3) is 5.91 Å². The van der Waals surface area contributed by atoms with Gasteiger partial charge in [-0.25, -0.2) is 17.5 Å². The van der Waals surface area contributed by atoms with Gasteiger partial charge in [0.15, 0.2) is 6.61 Å². The van der Waals surface area contributed by atoms with Crippen molar-refractivity contribution in [2.75, 3.05) is 26.0 Å². The summed E-state index contributed by atoms with van der Waals surface area (Å²) in [7, 11) is -0.994. The highest BCUT2D eigenvalue weighted by Gasteiger charge is 2.22. The Bertz CT molecular complexity index is 1020. The molecule has 0 aliphatic rings. The number of hydrogen-bond acceptors (Lipinski definition) is 5. The second kappa shape index (κ2) is 8.72. The highest BCUT2D eigenvalue weighted by atomic mass is 35.5. The number of benzene rings is 2. The molecule has 2 aromatic carbocycles. The molecule has 0 unspecified atom stereocenters. The molecule has 0 aliphatic carbocycles. The van der Waals surface area contributed by atoms with Crippen molar-refractivity contribution in [2.24, 2.45) is 0 Å². The quantitative estimate of drug-likeness (QED) is 0.719. The zero-order chi connectivity index (χ0) is 21.1. The summed E-state index contributed by atoms with van der Waals surface area (Å²) in [6, 6.07) is 9.19. The molecule has 28 heavy (non-hydrogen) atoms. The Labute approximate surface area is 169 Å².